The summed E-state index contributed by atoms with van der Waals surface area (Å²) in [4.78, 5) is 25.3. The molecule has 28 heavy (non-hydrogen) atoms. The van der Waals surface area contributed by atoms with E-state index in [1.807, 2.05) is 30.3 Å². The summed E-state index contributed by atoms with van der Waals surface area (Å²) in [6.07, 6.45) is 0. The van der Waals surface area contributed by atoms with Crippen molar-refractivity contribution in [1.82, 2.24) is 9.21 Å². The predicted octanol–water partition coefficient (Wildman–Crippen LogP) is 1.90. The van der Waals surface area contributed by atoms with E-state index in [0.29, 0.717) is 13.1 Å². The fourth-order valence-corrected chi connectivity index (χ4v) is 4.38. The first kappa shape index (κ1) is 20.0. The molecule has 0 radical (unpaired) electrons. The van der Waals surface area contributed by atoms with Crippen LogP contribution in [-0.2, 0) is 26.2 Å². The highest BCUT2D eigenvalue weighted by Crippen LogP contribution is 2.19. The van der Waals surface area contributed by atoms with Crippen LogP contribution in [-0.4, -0.2) is 55.7 Å². The van der Waals surface area contributed by atoms with Crippen LogP contribution in [0.3, 0.4) is 0 Å². The van der Waals surface area contributed by atoms with E-state index in [9.17, 15) is 18.0 Å². The Kier molecular flexibility index (Phi) is 6.11. The second kappa shape index (κ2) is 8.53. The van der Waals surface area contributed by atoms with Crippen LogP contribution in [0.2, 0.25) is 0 Å². The Hall–Kier alpha value is -2.71. The number of sulfonamides is 1. The molecule has 0 aromatic heterocycles. The monoisotopic (exact) mass is 402 g/mol. The summed E-state index contributed by atoms with van der Waals surface area (Å²) in [5, 5.41) is 0. The molecule has 0 bridgehead atoms. The minimum Gasteiger partial charge on any atom is -0.457 e. The molecule has 0 unspecified atom stereocenters. The summed E-state index contributed by atoms with van der Waals surface area (Å²) < 4.78 is 32.1. The molecule has 148 valence electrons. The van der Waals surface area contributed by atoms with E-state index in [1.165, 1.54) is 35.5 Å². The van der Waals surface area contributed by atoms with E-state index in [1.54, 1.807) is 4.90 Å². The first-order valence-electron chi connectivity index (χ1n) is 8.95. The summed E-state index contributed by atoms with van der Waals surface area (Å²) in [6, 6.07) is 15.0. The van der Waals surface area contributed by atoms with Gasteiger partial charge < -0.3 is 9.64 Å². The predicted molar refractivity (Wildman–Crippen MR) is 103 cm³/mol. The highest BCUT2D eigenvalue weighted by Gasteiger charge is 2.29. The molecule has 7 nitrogen and oxygen atoms in total. The van der Waals surface area contributed by atoms with Crippen LogP contribution >= 0.6 is 0 Å². The molecule has 3 rings (SSSR count). The summed E-state index contributed by atoms with van der Waals surface area (Å²) in [5.41, 5.74) is 1.16. The Bertz CT molecular complexity index is 934. The molecule has 1 fully saturated rings. The molecule has 0 atom stereocenters. The van der Waals surface area contributed by atoms with Gasteiger partial charge in [-0.2, -0.15) is 4.31 Å². The number of amides is 1. The average molecular weight is 402 g/mol. The van der Waals surface area contributed by atoms with Crippen LogP contribution in [0.1, 0.15) is 22.8 Å². The number of carbonyl (C=O) groups excluding carboxylic acids is 2. The molecular weight excluding hydrogens is 380 g/mol. The molecule has 1 aliphatic rings. The zero-order chi connectivity index (χ0) is 20.1. The summed E-state index contributed by atoms with van der Waals surface area (Å²) in [6.45, 7) is 2.88. The normalized spacial score (nSPS) is 15.2. The van der Waals surface area contributed by atoms with Crippen molar-refractivity contribution in [3.8, 4) is 0 Å². The van der Waals surface area contributed by atoms with E-state index in [2.05, 4.69) is 0 Å². The minimum atomic E-state index is -3.67. The third-order valence-electron chi connectivity index (χ3n) is 4.62. The lowest BCUT2D eigenvalue weighted by Gasteiger charge is -2.33. The molecule has 0 spiro atoms. The number of rotatable bonds is 5. The van der Waals surface area contributed by atoms with Gasteiger partial charge in [0, 0.05) is 33.1 Å². The number of esters is 1. The van der Waals surface area contributed by atoms with Gasteiger partial charge in [0.2, 0.25) is 15.9 Å². The van der Waals surface area contributed by atoms with Gasteiger partial charge in [-0.25, -0.2) is 13.2 Å². The van der Waals surface area contributed by atoms with Crippen molar-refractivity contribution in [1.29, 1.82) is 0 Å². The minimum absolute atomic E-state index is 0.0598. The summed E-state index contributed by atoms with van der Waals surface area (Å²) >= 11 is 0. The van der Waals surface area contributed by atoms with Crippen molar-refractivity contribution in [2.24, 2.45) is 0 Å². The van der Waals surface area contributed by atoms with Gasteiger partial charge in [-0.1, -0.05) is 30.3 Å². The lowest BCUT2D eigenvalue weighted by molar-refractivity contribution is -0.129. The molecule has 0 saturated carbocycles. The van der Waals surface area contributed by atoms with Gasteiger partial charge in [-0.05, 0) is 29.8 Å². The standard InChI is InChI=1S/C20H22N2O5S/c1-16(23)21-11-13-22(14-12-21)28(25,26)19-9-7-18(8-10-19)20(24)27-15-17-5-3-2-4-6-17/h2-10H,11-15H2,1H3. The topological polar surface area (TPSA) is 84.0 Å². The van der Waals surface area contributed by atoms with Crippen LogP contribution in [0.15, 0.2) is 59.5 Å². The maximum absolute atomic E-state index is 12.8. The second-order valence-corrected chi connectivity index (χ2v) is 8.43. The first-order chi connectivity index (χ1) is 13.4. The average Bonchev–Trinajstić information content (AvgIpc) is 2.73. The number of hydrogen-bond donors (Lipinski definition) is 0. The summed E-state index contributed by atoms with van der Waals surface area (Å²) in [7, 11) is -3.67. The van der Waals surface area contributed by atoms with Gasteiger partial charge in [0.25, 0.3) is 0 Å². The maximum Gasteiger partial charge on any atom is 0.338 e. The lowest BCUT2D eigenvalue weighted by Crippen LogP contribution is -2.49. The molecule has 2 aromatic rings. The van der Waals surface area contributed by atoms with E-state index in [0.717, 1.165) is 5.56 Å². The molecule has 0 aliphatic carbocycles. The van der Waals surface area contributed by atoms with Crippen LogP contribution in [0.5, 0.6) is 0 Å². The zero-order valence-corrected chi connectivity index (χ0v) is 16.4. The zero-order valence-electron chi connectivity index (χ0n) is 15.6. The lowest BCUT2D eigenvalue weighted by atomic mass is 10.2. The quantitative estimate of drug-likeness (QED) is 0.713. The van der Waals surface area contributed by atoms with Crippen LogP contribution in [0.25, 0.3) is 0 Å². The number of benzene rings is 2. The Balaban J connectivity index is 1.63. The molecule has 8 heteroatoms. The van der Waals surface area contributed by atoms with Crippen molar-refractivity contribution in [3.05, 3.63) is 65.7 Å². The van der Waals surface area contributed by atoms with Gasteiger partial charge in [0.15, 0.2) is 0 Å². The maximum atomic E-state index is 12.8. The van der Waals surface area contributed by atoms with Gasteiger partial charge in [-0.15, -0.1) is 0 Å². The van der Waals surface area contributed by atoms with E-state index in [4.69, 9.17) is 4.74 Å². The first-order valence-corrected chi connectivity index (χ1v) is 10.4. The number of nitrogens with zero attached hydrogens (tertiary/aromatic N) is 2. The van der Waals surface area contributed by atoms with Crippen LogP contribution in [0, 0.1) is 0 Å². The van der Waals surface area contributed by atoms with E-state index in [-0.39, 0.29) is 36.1 Å². The second-order valence-electron chi connectivity index (χ2n) is 6.50. The van der Waals surface area contributed by atoms with Gasteiger partial charge in [0.1, 0.15) is 6.61 Å². The van der Waals surface area contributed by atoms with Gasteiger partial charge >= 0.3 is 5.97 Å². The molecule has 1 aliphatic heterocycles. The molecule has 1 saturated heterocycles. The molecule has 2 aromatic carbocycles. The van der Waals surface area contributed by atoms with Crippen molar-refractivity contribution < 1.29 is 22.7 Å². The van der Waals surface area contributed by atoms with E-state index < -0.39 is 16.0 Å². The van der Waals surface area contributed by atoms with E-state index >= 15 is 0 Å². The Morgan fingerprint density at radius 2 is 1.54 bits per heavy atom. The van der Waals surface area contributed by atoms with Crippen molar-refractivity contribution in [2.45, 2.75) is 18.4 Å². The molecule has 1 amide bonds. The number of carbonyl (C=O) groups is 2. The smallest absolute Gasteiger partial charge is 0.338 e. The third-order valence-corrected chi connectivity index (χ3v) is 6.54. The van der Waals surface area contributed by atoms with Gasteiger partial charge in [-0.3, -0.25) is 4.79 Å². The SMILES string of the molecule is CC(=O)N1CCN(S(=O)(=O)c2ccc(C(=O)OCc3ccccc3)cc2)CC1. The molecular formula is C20H22N2O5S. The highest BCUT2D eigenvalue weighted by molar-refractivity contribution is 7.89. The Morgan fingerprint density at radius 3 is 2.11 bits per heavy atom. The fourth-order valence-electron chi connectivity index (χ4n) is 2.96. The van der Waals surface area contributed by atoms with Crippen LogP contribution in [0.4, 0.5) is 0 Å². The number of hydrogen-bond acceptors (Lipinski definition) is 5. The molecule has 0 N–H and O–H groups in total. The van der Waals surface area contributed by atoms with Crippen molar-refractivity contribution >= 4 is 21.9 Å². The highest BCUT2D eigenvalue weighted by atomic mass is 32.2. The van der Waals surface area contributed by atoms with Crippen molar-refractivity contribution in [3.63, 3.8) is 0 Å². The largest absolute Gasteiger partial charge is 0.457 e. The summed E-state index contributed by atoms with van der Waals surface area (Å²) in [5.74, 6) is -0.571. The fraction of sp³-hybridized carbons (Fsp3) is 0.300. The molecule has 1 heterocycles. The number of ether oxygens (including phenoxy) is 1. The number of piperazine rings is 1. The Morgan fingerprint density at radius 1 is 0.929 bits per heavy atom. The van der Waals surface area contributed by atoms with Crippen molar-refractivity contribution in [2.75, 3.05) is 26.2 Å². The Labute approximate surface area is 164 Å². The van der Waals surface area contributed by atoms with Crippen LogP contribution < -0.4 is 0 Å². The van der Waals surface area contributed by atoms with Gasteiger partial charge in [0.05, 0.1) is 10.5 Å². The third kappa shape index (κ3) is 4.58.